The molecule has 0 amide bonds. The fraction of sp³-hybridized carbons (Fsp3) is 0.355. The summed E-state index contributed by atoms with van der Waals surface area (Å²) < 4.78 is 54.3. The van der Waals surface area contributed by atoms with Gasteiger partial charge in [0.2, 0.25) is 0 Å². The maximum atomic E-state index is 14.0. The van der Waals surface area contributed by atoms with Crippen molar-refractivity contribution in [2.24, 2.45) is 5.92 Å². The fourth-order valence-electron chi connectivity index (χ4n) is 5.73. The van der Waals surface area contributed by atoms with E-state index in [0.29, 0.717) is 24.3 Å². The van der Waals surface area contributed by atoms with Crippen LogP contribution in [0.25, 0.3) is 11.1 Å². The van der Waals surface area contributed by atoms with Crippen molar-refractivity contribution in [3.63, 3.8) is 0 Å². The molecule has 5 heteroatoms. The Morgan fingerprint density at radius 1 is 0.889 bits per heavy atom. The topological polar surface area (TPSA) is 3.24 Å². The quantitative estimate of drug-likeness (QED) is 0.288. The van der Waals surface area contributed by atoms with Crippen LogP contribution in [0.15, 0.2) is 66.7 Å². The maximum absolute atomic E-state index is 14.0. The van der Waals surface area contributed by atoms with Crippen molar-refractivity contribution in [1.82, 2.24) is 4.90 Å². The molecular formula is C31H31F4N. The Balaban J connectivity index is 1.50. The van der Waals surface area contributed by atoms with Crippen molar-refractivity contribution in [3.8, 4) is 0 Å². The molecule has 2 aliphatic rings. The minimum Gasteiger partial charge on any atom is -0.303 e. The van der Waals surface area contributed by atoms with E-state index in [9.17, 15) is 17.6 Å². The van der Waals surface area contributed by atoms with E-state index in [4.69, 9.17) is 0 Å². The van der Waals surface area contributed by atoms with Gasteiger partial charge in [-0.3, -0.25) is 4.39 Å². The van der Waals surface area contributed by atoms with E-state index in [-0.39, 0.29) is 12.2 Å². The zero-order valence-electron chi connectivity index (χ0n) is 20.3. The predicted molar refractivity (Wildman–Crippen MR) is 137 cm³/mol. The number of hydrogen-bond donors (Lipinski definition) is 0. The third kappa shape index (κ3) is 5.27. The van der Waals surface area contributed by atoms with Gasteiger partial charge in [-0.25, -0.2) is 13.2 Å². The van der Waals surface area contributed by atoms with E-state index in [0.717, 1.165) is 67.2 Å². The number of alkyl halides is 3. The molecule has 3 aromatic rings. The van der Waals surface area contributed by atoms with Crippen molar-refractivity contribution >= 4 is 11.1 Å². The highest BCUT2D eigenvalue weighted by Gasteiger charge is 2.27. The summed E-state index contributed by atoms with van der Waals surface area (Å²) in [5.74, 6) is -0.0644. The van der Waals surface area contributed by atoms with E-state index in [2.05, 4.69) is 41.3 Å². The number of aryl methyl sites for hydroxylation is 1. The molecule has 0 saturated carbocycles. The molecule has 1 fully saturated rings. The van der Waals surface area contributed by atoms with Gasteiger partial charge < -0.3 is 4.90 Å². The number of fused-ring (bicyclic) bond motifs is 1. The standard InChI is InChI=1S/C31H31F4N/c32-15-4-16-36-19-22(20-36)17-21-9-11-24(12-10-21)30-26-7-2-1-5-23(26)6-3-8-28(30)27-14-13-25(33)18-29(27)31(34)35/h1-2,5,7,9-14,18,22,31H,3-4,6,8,15-17,19-20H2. The second-order valence-corrected chi connectivity index (χ2v) is 9.97. The first kappa shape index (κ1) is 24.8. The lowest BCUT2D eigenvalue weighted by Crippen LogP contribution is -2.47. The van der Waals surface area contributed by atoms with E-state index in [1.54, 1.807) is 0 Å². The first-order valence-electron chi connectivity index (χ1n) is 12.8. The highest BCUT2D eigenvalue weighted by atomic mass is 19.3. The summed E-state index contributed by atoms with van der Waals surface area (Å²) >= 11 is 0. The van der Waals surface area contributed by atoms with E-state index < -0.39 is 12.2 Å². The van der Waals surface area contributed by atoms with Crippen molar-refractivity contribution in [2.75, 3.05) is 26.3 Å². The zero-order chi connectivity index (χ0) is 25.1. The van der Waals surface area contributed by atoms with Crippen molar-refractivity contribution in [2.45, 2.75) is 38.5 Å². The Labute approximate surface area is 210 Å². The zero-order valence-corrected chi connectivity index (χ0v) is 20.3. The lowest BCUT2D eigenvalue weighted by Gasteiger charge is -2.39. The van der Waals surface area contributed by atoms with Crippen molar-refractivity contribution in [1.29, 1.82) is 0 Å². The summed E-state index contributed by atoms with van der Waals surface area (Å²) in [7, 11) is 0. The molecule has 1 aliphatic carbocycles. The van der Waals surface area contributed by atoms with Crippen LogP contribution in [0.2, 0.25) is 0 Å². The molecule has 5 rings (SSSR count). The number of benzene rings is 3. The molecule has 1 nitrogen and oxygen atoms in total. The van der Waals surface area contributed by atoms with Gasteiger partial charge in [0.1, 0.15) is 5.82 Å². The van der Waals surface area contributed by atoms with E-state index >= 15 is 0 Å². The third-order valence-corrected chi connectivity index (χ3v) is 7.44. The normalized spacial score (nSPS) is 16.7. The molecule has 0 spiro atoms. The van der Waals surface area contributed by atoms with Crippen LogP contribution in [0, 0.1) is 11.7 Å². The first-order valence-corrected chi connectivity index (χ1v) is 12.8. The van der Waals surface area contributed by atoms with Crippen molar-refractivity contribution < 1.29 is 17.6 Å². The van der Waals surface area contributed by atoms with Gasteiger partial charge in [-0.05, 0) is 89.1 Å². The molecule has 0 N–H and O–H groups in total. The summed E-state index contributed by atoms with van der Waals surface area (Å²) in [5.41, 5.74) is 6.50. The smallest absolute Gasteiger partial charge is 0.264 e. The number of rotatable bonds is 8. The summed E-state index contributed by atoms with van der Waals surface area (Å²) in [5, 5.41) is 0. The van der Waals surface area contributed by atoms with E-state index in [1.807, 2.05) is 12.1 Å². The molecule has 1 saturated heterocycles. The largest absolute Gasteiger partial charge is 0.303 e. The van der Waals surface area contributed by atoms with Crippen LogP contribution < -0.4 is 0 Å². The molecular weight excluding hydrogens is 462 g/mol. The van der Waals surface area contributed by atoms with Gasteiger partial charge in [0.25, 0.3) is 6.43 Å². The fourth-order valence-corrected chi connectivity index (χ4v) is 5.73. The van der Waals surface area contributed by atoms with Gasteiger partial charge in [0.15, 0.2) is 0 Å². The number of nitrogens with zero attached hydrogens (tertiary/aromatic N) is 1. The van der Waals surface area contributed by atoms with Gasteiger partial charge in [0, 0.05) is 25.2 Å². The molecule has 188 valence electrons. The second kappa shape index (κ2) is 11.0. The van der Waals surface area contributed by atoms with Gasteiger partial charge in [-0.15, -0.1) is 0 Å². The van der Waals surface area contributed by atoms with Crippen LogP contribution in [-0.4, -0.2) is 31.2 Å². The molecule has 0 atom stereocenters. The van der Waals surface area contributed by atoms with Crippen molar-refractivity contribution in [3.05, 3.63) is 106 Å². The summed E-state index contributed by atoms with van der Waals surface area (Å²) in [6.45, 7) is 2.57. The maximum Gasteiger partial charge on any atom is 0.264 e. The summed E-state index contributed by atoms with van der Waals surface area (Å²) in [4.78, 5) is 2.29. The van der Waals surface area contributed by atoms with Crippen LogP contribution in [0.5, 0.6) is 0 Å². The third-order valence-electron chi connectivity index (χ3n) is 7.44. The Kier molecular flexibility index (Phi) is 7.56. The molecule has 3 aromatic carbocycles. The number of allylic oxidation sites excluding steroid dienone is 1. The Morgan fingerprint density at radius 2 is 1.67 bits per heavy atom. The lowest BCUT2D eigenvalue weighted by molar-refractivity contribution is 0.0968. The average Bonchev–Trinajstić information content (AvgIpc) is 3.05. The van der Waals surface area contributed by atoms with Crippen LogP contribution >= 0.6 is 0 Å². The highest BCUT2D eigenvalue weighted by molar-refractivity contribution is 6.00. The molecule has 0 radical (unpaired) electrons. The molecule has 0 bridgehead atoms. The van der Waals surface area contributed by atoms with Crippen LogP contribution in [0.3, 0.4) is 0 Å². The molecule has 0 unspecified atom stereocenters. The van der Waals surface area contributed by atoms with E-state index in [1.165, 1.54) is 23.3 Å². The minimum absolute atomic E-state index is 0.249. The van der Waals surface area contributed by atoms with Crippen LogP contribution in [-0.2, 0) is 12.8 Å². The van der Waals surface area contributed by atoms with Crippen LogP contribution in [0.1, 0.15) is 59.1 Å². The predicted octanol–water partition coefficient (Wildman–Crippen LogP) is 7.89. The summed E-state index contributed by atoms with van der Waals surface area (Å²) in [6.07, 6.45) is 1.18. The highest BCUT2D eigenvalue weighted by Crippen LogP contribution is 2.42. The van der Waals surface area contributed by atoms with Gasteiger partial charge in [-0.2, -0.15) is 0 Å². The lowest BCUT2D eigenvalue weighted by atomic mass is 9.85. The first-order chi connectivity index (χ1) is 17.5. The average molecular weight is 494 g/mol. The Bertz CT molecular complexity index is 1230. The number of halogens is 4. The van der Waals surface area contributed by atoms with Crippen LogP contribution in [0.4, 0.5) is 17.6 Å². The SMILES string of the molecule is FCCCN1CC(Cc2ccc(C3=C(c4ccc(F)cc4C(F)F)CCCc4ccccc43)cc2)C1. The van der Waals surface area contributed by atoms with Gasteiger partial charge >= 0.3 is 0 Å². The van der Waals surface area contributed by atoms with Gasteiger partial charge in [-0.1, -0.05) is 54.6 Å². The Hall–Kier alpha value is -2.92. The van der Waals surface area contributed by atoms with Gasteiger partial charge in [0.05, 0.1) is 6.67 Å². The monoisotopic (exact) mass is 493 g/mol. The number of hydrogen-bond acceptors (Lipinski definition) is 1. The molecule has 0 aromatic heterocycles. The number of likely N-dealkylation sites (tertiary alicyclic amines) is 1. The second-order valence-electron chi connectivity index (χ2n) is 9.97. The molecule has 1 heterocycles. The minimum atomic E-state index is -2.75. The summed E-state index contributed by atoms with van der Waals surface area (Å²) in [6, 6.07) is 20.4. The Morgan fingerprint density at radius 3 is 2.42 bits per heavy atom. The molecule has 1 aliphatic heterocycles. The molecule has 36 heavy (non-hydrogen) atoms.